The average molecular weight is 578 g/mol. The molecule has 0 aliphatic heterocycles. The van der Waals surface area contributed by atoms with Gasteiger partial charge in [-0.3, -0.25) is 4.57 Å². The van der Waals surface area contributed by atoms with E-state index in [2.05, 4.69) is 120 Å². The van der Waals surface area contributed by atoms with Gasteiger partial charge in [0.1, 0.15) is 5.69 Å². The fourth-order valence-electron chi connectivity index (χ4n) is 7.15. The molecule has 0 radical (unpaired) electrons. The predicted octanol–water partition coefficient (Wildman–Crippen LogP) is 10.9. The molecule has 10 rings (SSSR count). The molecule has 204 valence electrons. The highest BCUT2D eigenvalue weighted by Gasteiger charge is 2.30. The summed E-state index contributed by atoms with van der Waals surface area (Å²) >= 11 is 1.88. The third-order valence-electron chi connectivity index (χ3n) is 8.93. The lowest BCUT2D eigenvalue weighted by Crippen LogP contribution is -2.05. The molecule has 0 fully saturated rings. The SMILES string of the molecule is c1ccc(-c2nc3ccccc3nc2-n2c(-c3ccccc3)c3c4c(cccc42)-c2cccc4sc5cccc-3c5c24)cc1. The van der Waals surface area contributed by atoms with E-state index in [4.69, 9.17) is 9.97 Å². The number of benzene rings is 6. The lowest BCUT2D eigenvalue weighted by atomic mass is 9.95. The van der Waals surface area contributed by atoms with E-state index in [0.717, 1.165) is 44.9 Å². The van der Waals surface area contributed by atoms with Gasteiger partial charge in [-0.1, -0.05) is 109 Å². The molecule has 9 aromatic rings. The summed E-state index contributed by atoms with van der Waals surface area (Å²) < 4.78 is 5.02. The molecular formula is C40H23N3S. The van der Waals surface area contributed by atoms with Crippen LogP contribution in [0.15, 0.2) is 140 Å². The molecule has 6 aromatic carbocycles. The zero-order valence-corrected chi connectivity index (χ0v) is 24.3. The van der Waals surface area contributed by atoms with Gasteiger partial charge in [-0.05, 0) is 52.6 Å². The van der Waals surface area contributed by atoms with Crippen LogP contribution in [0.2, 0.25) is 0 Å². The van der Waals surface area contributed by atoms with Crippen molar-refractivity contribution in [1.29, 1.82) is 0 Å². The Balaban J connectivity index is 1.46. The van der Waals surface area contributed by atoms with Gasteiger partial charge in [-0.2, -0.15) is 0 Å². The van der Waals surface area contributed by atoms with E-state index in [9.17, 15) is 0 Å². The third-order valence-corrected chi connectivity index (χ3v) is 10.1. The van der Waals surface area contributed by atoms with Crippen LogP contribution in [0.3, 0.4) is 0 Å². The van der Waals surface area contributed by atoms with Crippen LogP contribution in [-0.4, -0.2) is 14.5 Å². The maximum absolute atomic E-state index is 5.40. The molecule has 3 nitrogen and oxygen atoms in total. The first-order valence-corrected chi connectivity index (χ1v) is 15.7. The van der Waals surface area contributed by atoms with Gasteiger partial charge in [0.25, 0.3) is 0 Å². The van der Waals surface area contributed by atoms with Crippen molar-refractivity contribution in [2.45, 2.75) is 0 Å². The molecule has 3 heterocycles. The minimum absolute atomic E-state index is 0.832. The lowest BCUT2D eigenvalue weighted by Gasteiger charge is -2.17. The topological polar surface area (TPSA) is 30.7 Å². The van der Waals surface area contributed by atoms with Crippen molar-refractivity contribution in [3.63, 3.8) is 0 Å². The second-order valence-electron chi connectivity index (χ2n) is 11.3. The molecule has 0 bridgehead atoms. The fraction of sp³-hybridized carbons (Fsp3) is 0. The van der Waals surface area contributed by atoms with Crippen LogP contribution in [0, 0.1) is 0 Å². The van der Waals surface area contributed by atoms with Crippen LogP contribution >= 0.6 is 11.3 Å². The first kappa shape index (κ1) is 23.9. The van der Waals surface area contributed by atoms with E-state index >= 15 is 0 Å². The van der Waals surface area contributed by atoms with Gasteiger partial charge in [0.05, 0.1) is 22.2 Å². The van der Waals surface area contributed by atoms with Gasteiger partial charge < -0.3 is 0 Å². The van der Waals surface area contributed by atoms with Crippen LogP contribution in [-0.2, 0) is 0 Å². The molecule has 0 spiro atoms. The molecule has 0 N–H and O–H groups in total. The Morgan fingerprint density at radius 3 is 1.75 bits per heavy atom. The first-order valence-electron chi connectivity index (χ1n) is 14.9. The maximum atomic E-state index is 5.40. The zero-order chi connectivity index (χ0) is 28.8. The van der Waals surface area contributed by atoms with Crippen molar-refractivity contribution in [2.24, 2.45) is 0 Å². The number of hydrogen-bond donors (Lipinski definition) is 0. The van der Waals surface area contributed by atoms with E-state index < -0.39 is 0 Å². The summed E-state index contributed by atoms with van der Waals surface area (Å²) in [4.78, 5) is 10.7. The Hall–Kier alpha value is -5.58. The maximum Gasteiger partial charge on any atom is 0.165 e. The Morgan fingerprint density at radius 1 is 0.455 bits per heavy atom. The number of hydrogen-bond acceptors (Lipinski definition) is 3. The number of thiophene rings is 1. The van der Waals surface area contributed by atoms with Gasteiger partial charge in [-0.25, -0.2) is 9.97 Å². The highest BCUT2D eigenvalue weighted by Crippen LogP contribution is 2.54. The Morgan fingerprint density at radius 2 is 1.02 bits per heavy atom. The van der Waals surface area contributed by atoms with Gasteiger partial charge >= 0.3 is 0 Å². The standard InChI is InChI=1S/C40H23N3S/c1-3-12-24(13-4-1)38-40(42-30-20-8-7-19-29(30)41-38)43-31-21-9-16-26-27-17-10-22-32-35(27)36-28(18-11-23-33(36)44-32)37(34(26)31)39(43)25-14-5-2-6-15-25/h1-23H. The fourth-order valence-corrected chi connectivity index (χ4v) is 8.31. The Bertz CT molecular complexity index is 2590. The minimum Gasteiger partial charge on any atom is -0.291 e. The van der Waals surface area contributed by atoms with Gasteiger partial charge in [-0.15, -0.1) is 11.3 Å². The summed E-state index contributed by atoms with van der Waals surface area (Å²) in [7, 11) is 0. The summed E-state index contributed by atoms with van der Waals surface area (Å²) in [5.74, 6) is 0.832. The number of nitrogens with zero attached hydrogens (tertiary/aromatic N) is 3. The van der Waals surface area contributed by atoms with Crippen molar-refractivity contribution in [3.05, 3.63) is 140 Å². The van der Waals surface area contributed by atoms with Gasteiger partial charge in [0.2, 0.25) is 0 Å². The number of rotatable bonds is 3. The smallest absolute Gasteiger partial charge is 0.165 e. The number of aromatic nitrogens is 3. The summed E-state index contributed by atoms with van der Waals surface area (Å²) in [6.45, 7) is 0. The molecule has 0 amide bonds. The molecule has 1 aliphatic carbocycles. The highest BCUT2D eigenvalue weighted by molar-refractivity contribution is 7.26. The molecule has 0 saturated heterocycles. The van der Waals surface area contributed by atoms with Crippen molar-refractivity contribution in [3.8, 4) is 50.6 Å². The van der Waals surface area contributed by atoms with Crippen LogP contribution < -0.4 is 0 Å². The second kappa shape index (κ2) is 8.96. The molecule has 0 unspecified atom stereocenters. The van der Waals surface area contributed by atoms with E-state index in [1.165, 1.54) is 47.8 Å². The Labute approximate surface area is 257 Å². The minimum atomic E-state index is 0.832. The third kappa shape index (κ3) is 3.20. The molecule has 44 heavy (non-hydrogen) atoms. The van der Waals surface area contributed by atoms with Crippen LogP contribution in [0.4, 0.5) is 0 Å². The van der Waals surface area contributed by atoms with Crippen molar-refractivity contribution in [1.82, 2.24) is 14.5 Å². The van der Waals surface area contributed by atoms with Crippen molar-refractivity contribution in [2.75, 3.05) is 0 Å². The summed E-state index contributed by atoms with van der Waals surface area (Å²) in [6.07, 6.45) is 0. The summed E-state index contributed by atoms with van der Waals surface area (Å²) in [5.41, 5.74) is 12.1. The van der Waals surface area contributed by atoms with E-state index in [-0.39, 0.29) is 0 Å². The average Bonchev–Trinajstić information content (AvgIpc) is 3.61. The molecule has 4 heteroatoms. The second-order valence-corrected chi connectivity index (χ2v) is 12.4. The summed E-state index contributed by atoms with van der Waals surface area (Å²) in [5, 5.41) is 3.94. The van der Waals surface area contributed by atoms with E-state index in [1.54, 1.807) is 0 Å². The monoisotopic (exact) mass is 577 g/mol. The number of fused-ring (bicyclic) bond motifs is 3. The summed E-state index contributed by atoms with van der Waals surface area (Å²) in [6, 6.07) is 49.7. The van der Waals surface area contributed by atoms with E-state index in [1.807, 2.05) is 35.6 Å². The van der Waals surface area contributed by atoms with Crippen LogP contribution in [0.5, 0.6) is 0 Å². The van der Waals surface area contributed by atoms with Crippen LogP contribution in [0.1, 0.15) is 0 Å². The van der Waals surface area contributed by atoms with Gasteiger partial charge in [0.15, 0.2) is 5.82 Å². The predicted molar refractivity (Wildman–Crippen MR) is 185 cm³/mol. The largest absolute Gasteiger partial charge is 0.291 e. The lowest BCUT2D eigenvalue weighted by molar-refractivity contribution is 1.05. The molecule has 1 aliphatic rings. The normalized spacial score (nSPS) is 12.1. The van der Waals surface area contributed by atoms with Crippen LogP contribution in [0.25, 0.3) is 92.7 Å². The molecule has 3 aromatic heterocycles. The molecule has 0 atom stereocenters. The highest BCUT2D eigenvalue weighted by atomic mass is 32.1. The van der Waals surface area contributed by atoms with Crippen molar-refractivity contribution >= 4 is 53.4 Å². The van der Waals surface area contributed by atoms with Gasteiger partial charge in [0, 0.05) is 36.7 Å². The van der Waals surface area contributed by atoms with E-state index in [0.29, 0.717) is 0 Å². The number of para-hydroxylation sites is 2. The molecular weight excluding hydrogens is 555 g/mol. The Kier molecular flexibility index (Phi) is 4.87. The zero-order valence-electron chi connectivity index (χ0n) is 23.5. The van der Waals surface area contributed by atoms with Crippen molar-refractivity contribution < 1.29 is 0 Å². The quantitative estimate of drug-likeness (QED) is 0.209. The first-order chi connectivity index (χ1) is 21.8. The molecule has 0 saturated carbocycles.